The number of hydrogen-bond donors (Lipinski definition) is 2. The predicted octanol–water partition coefficient (Wildman–Crippen LogP) is 0.0837. The van der Waals surface area contributed by atoms with Crippen LogP contribution in [0.1, 0.15) is 19.3 Å². The normalized spacial score (nSPS) is 32.0. The van der Waals surface area contributed by atoms with Gasteiger partial charge in [-0.25, -0.2) is 0 Å². The van der Waals surface area contributed by atoms with Gasteiger partial charge in [-0.1, -0.05) is 0 Å². The molecule has 2 aliphatic rings. The SMILES string of the molecule is O=C(CC1CCSCC1)N1C[C@@H](O)[C@@H](O)C1. The summed E-state index contributed by atoms with van der Waals surface area (Å²) in [5, 5.41) is 18.8. The van der Waals surface area contributed by atoms with Crippen LogP contribution < -0.4 is 0 Å². The number of β-amino-alcohol motifs (C(OH)–C–C–N with tert-alkyl or cyclic N) is 2. The molecule has 5 heteroatoms. The number of carbonyl (C=O) groups excluding carboxylic acids is 1. The minimum absolute atomic E-state index is 0.0903. The van der Waals surface area contributed by atoms with Gasteiger partial charge in [0.2, 0.25) is 5.91 Å². The molecule has 0 unspecified atom stereocenters. The molecule has 1 amide bonds. The lowest BCUT2D eigenvalue weighted by Gasteiger charge is -2.23. The third-order valence-electron chi connectivity index (χ3n) is 3.42. The van der Waals surface area contributed by atoms with E-state index in [9.17, 15) is 15.0 Å². The van der Waals surface area contributed by atoms with Gasteiger partial charge >= 0.3 is 0 Å². The summed E-state index contributed by atoms with van der Waals surface area (Å²) in [7, 11) is 0. The molecule has 0 saturated carbocycles. The topological polar surface area (TPSA) is 60.8 Å². The van der Waals surface area contributed by atoms with Gasteiger partial charge in [-0.05, 0) is 30.3 Å². The Morgan fingerprint density at radius 1 is 1.19 bits per heavy atom. The van der Waals surface area contributed by atoms with E-state index in [4.69, 9.17) is 0 Å². The Kier molecular flexibility index (Phi) is 4.10. The van der Waals surface area contributed by atoms with Crippen molar-refractivity contribution in [3.05, 3.63) is 0 Å². The summed E-state index contributed by atoms with van der Waals surface area (Å²) >= 11 is 1.95. The summed E-state index contributed by atoms with van der Waals surface area (Å²) in [4.78, 5) is 13.5. The lowest BCUT2D eigenvalue weighted by Crippen LogP contribution is -2.32. The average molecular weight is 245 g/mol. The highest BCUT2D eigenvalue weighted by Gasteiger charge is 2.33. The van der Waals surface area contributed by atoms with E-state index in [1.165, 1.54) is 0 Å². The number of amides is 1. The van der Waals surface area contributed by atoms with E-state index >= 15 is 0 Å². The number of aliphatic hydroxyl groups excluding tert-OH is 2. The zero-order chi connectivity index (χ0) is 11.5. The van der Waals surface area contributed by atoms with E-state index in [0.29, 0.717) is 25.4 Å². The van der Waals surface area contributed by atoms with Gasteiger partial charge in [0.25, 0.3) is 0 Å². The molecular formula is C11H19NO3S. The van der Waals surface area contributed by atoms with Crippen molar-refractivity contribution in [1.29, 1.82) is 0 Å². The van der Waals surface area contributed by atoms with Crippen LogP contribution in [-0.2, 0) is 4.79 Å². The van der Waals surface area contributed by atoms with Crippen molar-refractivity contribution in [3.63, 3.8) is 0 Å². The first-order valence-corrected chi connectivity index (χ1v) is 7.04. The van der Waals surface area contributed by atoms with Crippen molar-refractivity contribution >= 4 is 17.7 Å². The molecule has 2 fully saturated rings. The van der Waals surface area contributed by atoms with Crippen LogP contribution in [0.3, 0.4) is 0 Å². The van der Waals surface area contributed by atoms with Gasteiger partial charge in [-0.15, -0.1) is 0 Å². The Morgan fingerprint density at radius 2 is 1.75 bits per heavy atom. The summed E-state index contributed by atoms with van der Waals surface area (Å²) in [5.74, 6) is 2.91. The van der Waals surface area contributed by atoms with E-state index in [0.717, 1.165) is 24.3 Å². The highest BCUT2D eigenvalue weighted by atomic mass is 32.2. The maximum absolute atomic E-state index is 11.9. The van der Waals surface area contributed by atoms with Crippen LogP contribution >= 0.6 is 11.8 Å². The van der Waals surface area contributed by atoms with Gasteiger partial charge in [0.1, 0.15) is 0 Å². The number of likely N-dealkylation sites (tertiary alicyclic amines) is 1. The van der Waals surface area contributed by atoms with Gasteiger partial charge in [0, 0.05) is 19.5 Å². The standard InChI is InChI=1S/C11H19NO3S/c13-9-6-12(7-10(9)14)11(15)5-8-1-3-16-4-2-8/h8-10,13-14H,1-7H2/t9-,10+. The van der Waals surface area contributed by atoms with Crippen LogP contribution in [-0.4, -0.2) is 57.8 Å². The van der Waals surface area contributed by atoms with Crippen LogP contribution in [0.5, 0.6) is 0 Å². The molecule has 0 aromatic carbocycles. The molecule has 16 heavy (non-hydrogen) atoms. The molecule has 2 saturated heterocycles. The summed E-state index contributed by atoms with van der Waals surface area (Å²) in [6.07, 6.45) is 1.31. The fourth-order valence-corrected chi connectivity index (χ4v) is 3.50. The minimum Gasteiger partial charge on any atom is -0.388 e. The minimum atomic E-state index is -0.758. The second-order valence-electron chi connectivity index (χ2n) is 4.69. The van der Waals surface area contributed by atoms with Gasteiger partial charge < -0.3 is 15.1 Å². The number of rotatable bonds is 2. The first-order chi connectivity index (χ1) is 7.66. The van der Waals surface area contributed by atoms with E-state index in [1.807, 2.05) is 11.8 Å². The Balaban J connectivity index is 1.79. The van der Waals surface area contributed by atoms with Gasteiger partial charge in [0.15, 0.2) is 0 Å². The molecule has 4 nitrogen and oxygen atoms in total. The first-order valence-electron chi connectivity index (χ1n) is 5.88. The average Bonchev–Trinajstić information content (AvgIpc) is 2.61. The zero-order valence-electron chi connectivity index (χ0n) is 9.34. The van der Waals surface area contributed by atoms with E-state index in [1.54, 1.807) is 4.90 Å². The molecule has 2 rings (SSSR count). The maximum atomic E-state index is 11.9. The molecule has 2 heterocycles. The molecule has 92 valence electrons. The number of nitrogens with zero attached hydrogens (tertiary/aromatic N) is 1. The lowest BCUT2D eigenvalue weighted by atomic mass is 9.98. The summed E-state index contributed by atoms with van der Waals surface area (Å²) in [5.41, 5.74) is 0. The number of thioether (sulfide) groups is 1. The molecular weight excluding hydrogens is 226 g/mol. The van der Waals surface area contributed by atoms with E-state index in [-0.39, 0.29) is 5.91 Å². The highest BCUT2D eigenvalue weighted by molar-refractivity contribution is 7.99. The monoisotopic (exact) mass is 245 g/mol. The molecule has 0 aromatic heterocycles. The van der Waals surface area contributed by atoms with Crippen LogP contribution in [0.15, 0.2) is 0 Å². The second kappa shape index (κ2) is 5.38. The molecule has 0 radical (unpaired) electrons. The Labute approximate surface area is 100 Å². The molecule has 2 atom stereocenters. The number of aliphatic hydroxyl groups is 2. The fourth-order valence-electron chi connectivity index (χ4n) is 2.30. The Bertz CT molecular complexity index is 246. The number of hydrogen-bond acceptors (Lipinski definition) is 4. The smallest absolute Gasteiger partial charge is 0.223 e. The molecule has 0 aromatic rings. The summed E-state index contributed by atoms with van der Waals surface area (Å²) in [6.45, 7) is 0.586. The third-order valence-corrected chi connectivity index (χ3v) is 4.46. The van der Waals surface area contributed by atoms with Crippen molar-refractivity contribution in [2.24, 2.45) is 5.92 Å². The van der Waals surface area contributed by atoms with Crippen molar-refractivity contribution < 1.29 is 15.0 Å². The van der Waals surface area contributed by atoms with Crippen LogP contribution in [0.25, 0.3) is 0 Å². The Morgan fingerprint density at radius 3 is 2.31 bits per heavy atom. The molecule has 0 spiro atoms. The van der Waals surface area contributed by atoms with Crippen LogP contribution in [0.4, 0.5) is 0 Å². The number of carbonyl (C=O) groups is 1. The largest absolute Gasteiger partial charge is 0.388 e. The fraction of sp³-hybridized carbons (Fsp3) is 0.909. The third kappa shape index (κ3) is 2.90. The van der Waals surface area contributed by atoms with Crippen molar-refractivity contribution in [2.75, 3.05) is 24.6 Å². The van der Waals surface area contributed by atoms with Crippen molar-refractivity contribution in [2.45, 2.75) is 31.5 Å². The Hall–Kier alpha value is -0.260. The van der Waals surface area contributed by atoms with E-state index in [2.05, 4.69) is 0 Å². The second-order valence-corrected chi connectivity index (χ2v) is 5.92. The maximum Gasteiger partial charge on any atom is 0.223 e. The van der Waals surface area contributed by atoms with E-state index < -0.39 is 12.2 Å². The quantitative estimate of drug-likeness (QED) is 0.723. The summed E-state index contributed by atoms with van der Waals surface area (Å²) in [6, 6.07) is 0. The summed E-state index contributed by atoms with van der Waals surface area (Å²) < 4.78 is 0. The molecule has 0 aliphatic carbocycles. The zero-order valence-corrected chi connectivity index (χ0v) is 10.2. The first kappa shape index (κ1) is 12.2. The predicted molar refractivity (Wildman–Crippen MR) is 63.3 cm³/mol. The van der Waals surface area contributed by atoms with Gasteiger partial charge in [-0.3, -0.25) is 4.79 Å². The highest BCUT2D eigenvalue weighted by Crippen LogP contribution is 2.26. The van der Waals surface area contributed by atoms with Crippen LogP contribution in [0, 0.1) is 5.92 Å². The van der Waals surface area contributed by atoms with Crippen molar-refractivity contribution in [1.82, 2.24) is 4.90 Å². The lowest BCUT2D eigenvalue weighted by molar-refractivity contribution is -0.131. The van der Waals surface area contributed by atoms with Crippen molar-refractivity contribution in [3.8, 4) is 0 Å². The van der Waals surface area contributed by atoms with Gasteiger partial charge in [0.05, 0.1) is 12.2 Å². The van der Waals surface area contributed by atoms with Crippen LogP contribution in [0.2, 0.25) is 0 Å². The molecule has 2 N–H and O–H groups in total. The molecule has 0 bridgehead atoms. The van der Waals surface area contributed by atoms with Gasteiger partial charge in [-0.2, -0.15) is 11.8 Å². The molecule has 2 aliphatic heterocycles.